The van der Waals surface area contributed by atoms with E-state index in [4.69, 9.17) is 13.9 Å². The molecule has 5 heteroatoms. The van der Waals surface area contributed by atoms with Gasteiger partial charge in [0.25, 0.3) is 0 Å². The summed E-state index contributed by atoms with van der Waals surface area (Å²) in [6, 6.07) is 12.3. The summed E-state index contributed by atoms with van der Waals surface area (Å²) < 4.78 is 16.2. The van der Waals surface area contributed by atoms with Crippen molar-refractivity contribution in [3.05, 3.63) is 69.6 Å². The summed E-state index contributed by atoms with van der Waals surface area (Å²) in [5, 5.41) is 0.798. The second kappa shape index (κ2) is 7.66. The molecule has 1 aromatic heterocycles. The molecule has 0 bridgehead atoms. The maximum Gasteiger partial charge on any atom is 0.349 e. The molecule has 3 aromatic rings. The second-order valence-corrected chi connectivity index (χ2v) is 6.87. The fourth-order valence-electron chi connectivity index (χ4n) is 2.91. The second-order valence-electron chi connectivity index (χ2n) is 6.87. The molecule has 0 radical (unpaired) electrons. The van der Waals surface area contributed by atoms with Crippen LogP contribution >= 0.6 is 0 Å². The third-order valence-corrected chi connectivity index (χ3v) is 4.29. The lowest BCUT2D eigenvalue weighted by atomic mass is 10.0. The van der Waals surface area contributed by atoms with E-state index in [1.54, 1.807) is 12.1 Å². The Bertz CT molecular complexity index is 1050. The van der Waals surface area contributed by atoms with E-state index in [-0.39, 0.29) is 12.5 Å². The summed E-state index contributed by atoms with van der Waals surface area (Å²) in [5.41, 5.74) is 2.85. The van der Waals surface area contributed by atoms with Crippen LogP contribution in [0.1, 0.15) is 36.5 Å². The lowest BCUT2D eigenvalue weighted by molar-refractivity contribution is -0.136. The molecule has 0 saturated carbocycles. The maximum absolute atomic E-state index is 12.2. The van der Waals surface area contributed by atoms with Crippen LogP contribution in [0.4, 0.5) is 0 Å². The van der Waals surface area contributed by atoms with E-state index in [9.17, 15) is 9.59 Å². The Labute approximate surface area is 157 Å². The minimum absolute atomic E-state index is 0.209. The lowest BCUT2D eigenvalue weighted by Gasteiger charge is -2.14. The Hall–Kier alpha value is -3.08. The molecule has 0 aliphatic carbocycles. The summed E-state index contributed by atoms with van der Waals surface area (Å²) in [7, 11) is 0. The van der Waals surface area contributed by atoms with E-state index >= 15 is 0 Å². The number of carbonyl (C=O) groups is 1. The first kappa shape index (κ1) is 18.7. The monoisotopic (exact) mass is 366 g/mol. The maximum atomic E-state index is 12.2. The number of esters is 1. The van der Waals surface area contributed by atoms with Crippen molar-refractivity contribution in [2.45, 2.75) is 33.6 Å². The molecule has 0 unspecified atom stereocenters. The summed E-state index contributed by atoms with van der Waals surface area (Å²) in [4.78, 5) is 23.7. The quantitative estimate of drug-likeness (QED) is 0.377. The predicted octanol–water partition coefficient (Wildman–Crippen LogP) is 4.52. The van der Waals surface area contributed by atoms with E-state index in [1.165, 1.54) is 12.1 Å². The molecule has 0 atom stereocenters. The molecule has 2 aromatic carbocycles. The van der Waals surface area contributed by atoms with Crippen molar-refractivity contribution in [3.63, 3.8) is 0 Å². The smallest absolute Gasteiger partial charge is 0.349 e. The molecular weight excluding hydrogens is 344 g/mol. The highest BCUT2D eigenvalue weighted by molar-refractivity contribution is 5.82. The van der Waals surface area contributed by atoms with Crippen LogP contribution in [-0.4, -0.2) is 12.6 Å². The van der Waals surface area contributed by atoms with Crippen molar-refractivity contribution in [2.75, 3.05) is 6.61 Å². The standard InChI is InChI=1S/C22H22O5/c1-13(2)17-7-5-14(3)9-19(17)25-12-22(24)26-16-6-8-18-15(4)10-21(23)27-20(18)11-16/h5-11,13H,12H2,1-4H3. The molecule has 0 spiro atoms. The van der Waals surface area contributed by atoms with Gasteiger partial charge in [0.2, 0.25) is 0 Å². The van der Waals surface area contributed by atoms with Gasteiger partial charge in [-0.1, -0.05) is 26.0 Å². The van der Waals surface area contributed by atoms with Gasteiger partial charge in [-0.05, 0) is 54.7 Å². The van der Waals surface area contributed by atoms with Gasteiger partial charge in [-0.3, -0.25) is 0 Å². The van der Waals surface area contributed by atoms with Crippen LogP contribution in [0.25, 0.3) is 11.0 Å². The Balaban J connectivity index is 1.72. The largest absolute Gasteiger partial charge is 0.482 e. The van der Waals surface area contributed by atoms with E-state index in [0.29, 0.717) is 17.1 Å². The average molecular weight is 366 g/mol. The molecule has 5 nitrogen and oxygen atoms in total. The van der Waals surface area contributed by atoms with E-state index in [2.05, 4.69) is 13.8 Å². The van der Waals surface area contributed by atoms with Gasteiger partial charge in [0.05, 0.1) is 0 Å². The highest BCUT2D eigenvalue weighted by Crippen LogP contribution is 2.27. The number of hydrogen-bond donors (Lipinski definition) is 0. The van der Waals surface area contributed by atoms with Gasteiger partial charge in [-0.2, -0.15) is 0 Å². The number of aryl methyl sites for hydroxylation is 2. The number of benzene rings is 2. The van der Waals surface area contributed by atoms with E-state index < -0.39 is 11.6 Å². The zero-order chi connectivity index (χ0) is 19.6. The number of fused-ring (bicyclic) bond motifs is 1. The summed E-state index contributed by atoms with van der Waals surface area (Å²) in [6.45, 7) is 7.73. The Morgan fingerprint density at radius 1 is 1.07 bits per heavy atom. The third-order valence-electron chi connectivity index (χ3n) is 4.29. The molecule has 1 heterocycles. The van der Waals surface area contributed by atoms with Crippen LogP contribution in [0.2, 0.25) is 0 Å². The molecule has 3 rings (SSSR count). The van der Waals surface area contributed by atoms with Crippen molar-refractivity contribution >= 4 is 16.9 Å². The summed E-state index contributed by atoms with van der Waals surface area (Å²) in [5.74, 6) is 0.740. The van der Waals surface area contributed by atoms with Gasteiger partial charge in [0.15, 0.2) is 6.61 Å². The van der Waals surface area contributed by atoms with Crippen LogP contribution in [-0.2, 0) is 4.79 Å². The lowest BCUT2D eigenvalue weighted by Crippen LogP contribution is -2.18. The van der Waals surface area contributed by atoms with Gasteiger partial charge in [-0.15, -0.1) is 0 Å². The molecule has 0 fully saturated rings. The minimum Gasteiger partial charge on any atom is -0.482 e. The van der Waals surface area contributed by atoms with Gasteiger partial charge in [0, 0.05) is 17.5 Å². The number of ether oxygens (including phenoxy) is 2. The van der Waals surface area contributed by atoms with E-state index in [0.717, 1.165) is 22.1 Å². The highest BCUT2D eigenvalue weighted by Gasteiger charge is 2.12. The van der Waals surface area contributed by atoms with Crippen molar-refractivity contribution in [2.24, 2.45) is 0 Å². The number of hydrogen-bond acceptors (Lipinski definition) is 5. The molecular formula is C22H22O5. The van der Waals surface area contributed by atoms with Gasteiger partial charge < -0.3 is 13.9 Å². The van der Waals surface area contributed by atoms with Crippen molar-refractivity contribution in [3.8, 4) is 11.5 Å². The van der Waals surface area contributed by atoms with Gasteiger partial charge in [0.1, 0.15) is 17.1 Å². The van der Waals surface area contributed by atoms with Crippen molar-refractivity contribution in [1.82, 2.24) is 0 Å². The van der Waals surface area contributed by atoms with Crippen LogP contribution < -0.4 is 15.1 Å². The average Bonchev–Trinajstić information content (AvgIpc) is 2.59. The molecule has 0 amide bonds. The van der Waals surface area contributed by atoms with Crippen LogP contribution in [0.5, 0.6) is 11.5 Å². The highest BCUT2D eigenvalue weighted by atomic mass is 16.6. The fourth-order valence-corrected chi connectivity index (χ4v) is 2.91. The van der Waals surface area contributed by atoms with E-state index in [1.807, 2.05) is 32.0 Å². The van der Waals surface area contributed by atoms with Crippen molar-refractivity contribution < 1.29 is 18.7 Å². The first-order valence-electron chi connectivity index (χ1n) is 8.82. The van der Waals surface area contributed by atoms with Crippen LogP contribution in [0, 0.1) is 13.8 Å². The number of rotatable bonds is 5. The summed E-state index contributed by atoms with van der Waals surface area (Å²) >= 11 is 0. The molecule has 0 saturated heterocycles. The zero-order valence-electron chi connectivity index (χ0n) is 15.9. The SMILES string of the molecule is Cc1ccc(C(C)C)c(OCC(=O)Oc2ccc3c(C)cc(=O)oc3c2)c1. The topological polar surface area (TPSA) is 65.7 Å². The van der Waals surface area contributed by atoms with Gasteiger partial charge >= 0.3 is 11.6 Å². The molecule has 0 aliphatic heterocycles. The Morgan fingerprint density at radius 2 is 1.85 bits per heavy atom. The minimum atomic E-state index is -0.527. The predicted molar refractivity (Wildman–Crippen MR) is 104 cm³/mol. The van der Waals surface area contributed by atoms with Gasteiger partial charge in [-0.25, -0.2) is 9.59 Å². The normalized spacial score (nSPS) is 11.0. The molecule has 27 heavy (non-hydrogen) atoms. The first-order valence-corrected chi connectivity index (χ1v) is 8.82. The van der Waals surface area contributed by atoms with Crippen LogP contribution in [0.15, 0.2) is 51.7 Å². The zero-order valence-corrected chi connectivity index (χ0v) is 15.9. The summed E-state index contributed by atoms with van der Waals surface area (Å²) in [6.07, 6.45) is 0. The first-order chi connectivity index (χ1) is 12.8. The molecule has 0 aliphatic rings. The molecule has 0 N–H and O–H groups in total. The number of carbonyl (C=O) groups excluding carboxylic acids is 1. The van der Waals surface area contributed by atoms with Crippen LogP contribution in [0.3, 0.4) is 0 Å². The third kappa shape index (κ3) is 4.37. The fraction of sp³-hybridized carbons (Fsp3) is 0.273. The Kier molecular flexibility index (Phi) is 5.31. The molecule has 140 valence electrons. The van der Waals surface area contributed by atoms with Crippen molar-refractivity contribution in [1.29, 1.82) is 0 Å². The Morgan fingerprint density at radius 3 is 2.59 bits per heavy atom.